The monoisotopic (exact) mass is 137 g/mol. The molecule has 0 aromatic rings. The minimum Gasteiger partial charge on any atom is -0.0996 e. The predicted octanol–water partition coefficient (Wildman–Crippen LogP) is 3.00. The van der Waals surface area contributed by atoms with Crippen molar-refractivity contribution in [3.05, 3.63) is 12.2 Å². The maximum absolute atomic E-state index is 8.20. The Morgan fingerprint density at radius 1 is 1.70 bits per heavy atom. The third-order valence-electron chi connectivity index (χ3n) is 3.47. The van der Waals surface area contributed by atoms with E-state index in [0.717, 1.165) is 18.8 Å². The highest BCUT2D eigenvalue weighted by molar-refractivity contribution is 5.18. The van der Waals surface area contributed by atoms with Gasteiger partial charge >= 0.3 is 0 Å². The molecule has 2 atom stereocenters. The molecule has 3 aliphatic rings. The Kier molecular flexibility index (Phi) is 0.898. The molecule has 0 N–H and O–H groups in total. The van der Waals surface area contributed by atoms with Crippen LogP contribution in [0, 0.1) is 17.2 Å². The van der Waals surface area contributed by atoms with Crippen LogP contribution < -0.4 is 0 Å². The zero-order valence-corrected chi connectivity index (χ0v) is 6.91. The van der Waals surface area contributed by atoms with Crippen molar-refractivity contribution >= 4 is 0 Å². The summed E-state index contributed by atoms with van der Waals surface area (Å²) in [5, 5.41) is 0. The maximum atomic E-state index is 8.20. The third kappa shape index (κ3) is 0.574. The summed E-state index contributed by atoms with van der Waals surface area (Å²) in [4.78, 5) is 0. The first kappa shape index (κ1) is 5.40. The molecule has 0 aromatic carbocycles. The van der Waals surface area contributed by atoms with Crippen LogP contribution >= 0.6 is 0 Å². The van der Waals surface area contributed by atoms with Gasteiger partial charge in [-0.3, -0.25) is 0 Å². The van der Waals surface area contributed by atoms with Crippen LogP contribution in [0.25, 0.3) is 0 Å². The molecule has 2 bridgehead atoms. The summed E-state index contributed by atoms with van der Waals surface area (Å²) >= 11 is 0. The fraction of sp³-hybridized carbons (Fsp3) is 0.800. The summed E-state index contributed by atoms with van der Waals surface area (Å²) in [6.07, 6.45) is 3.43. The van der Waals surface area contributed by atoms with Crippen molar-refractivity contribution in [1.29, 1.82) is 0 Å². The summed E-state index contributed by atoms with van der Waals surface area (Å²) in [5.74, 6) is 0.529. The minimum atomic E-state index is -0.268. The molecule has 3 fully saturated rings. The van der Waals surface area contributed by atoms with Crippen molar-refractivity contribution in [2.24, 2.45) is 17.2 Å². The molecule has 0 spiro atoms. The van der Waals surface area contributed by atoms with Crippen LogP contribution in [-0.2, 0) is 0 Å². The molecule has 2 unspecified atom stereocenters. The van der Waals surface area contributed by atoms with E-state index in [2.05, 4.69) is 20.4 Å². The summed E-state index contributed by atoms with van der Waals surface area (Å²) in [6, 6.07) is 0. The molecule has 0 nitrogen and oxygen atoms in total. The van der Waals surface area contributed by atoms with Crippen molar-refractivity contribution in [3.8, 4) is 0 Å². The van der Waals surface area contributed by atoms with E-state index >= 15 is 0 Å². The van der Waals surface area contributed by atoms with Gasteiger partial charge in [0.1, 0.15) is 0 Å². The highest BCUT2D eigenvalue weighted by Gasteiger charge is 2.51. The molecule has 56 valence electrons. The number of rotatable bonds is 0. The van der Waals surface area contributed by atoms with E-state index in [-0.39, 0.29) is 11.3 Å². The Bertz CT molecular complexity index is 217. The second-order valence-electron chi connectivity index (χ2n) is 4.24. The van der Waals surface area contributed by atoms with Crippen molar-refractivity contribution in [2.45, 2.75) is 33.1 Å². The molecule has 3 rings (SSSR count). The van der Waals surface area contributed by atoms with Crippen LogP contribution in [0.2, 0.25) is 0 Å². The first-order valence-electron chi connectivity index (χ1n) is 4.67. The normalized spacial score (nSPS) is 51.6. The highest BCUT2D eigenvalue weighted by Crippen LogP contribution is 2.60. The van der Waals surface area contributed by atoms with Gasteiger partial charge in [0.05, 0.1) is 0 Å². The fourth-order valence-electron chi connectivity index (χ4n) is 2.44. The first-order chi connectivity index (χ1) is 4.98. The van der Waals surface area contributed by atoms with Crippen LogP contribution in [0.15, 0.2) is 12.2 Å². The first-order valence-corrected chi connectivity index (χ1v) is 4.17. The molecule has 0 heterocycles. The second-order valence-corrected chi connectivity index (χ2v) is 4.24. The fourth-order valence-corrected chi connectivity index (χ4v) is 2.44. The van der Waals surface area contributed by atoms with E-state index < -0.39 is 0 Å². The van der Waals surface area contributed by atoms with E-state index in [9.17, 15) is 0 Å². The predicted molar refractivity (Wildman–Crippen MR) is 43.8 cm³/mol. The zero-order valence-electron chi connectivity index (χ0n) is 7.91. The summed E-state index contributed by atoms with van der Waals surface area (Å²) < 4.78 is 8.20. The Balaban J connectivity index is 2.36. The van der Waals surface area contributed by atoms with Crippen molar-refractivity contribution in [3.63, 3.8) is 0 Å². The molecule has 10 heavy (non-hydrogen) atoms. The van der Waals surface area contributed by atoms with E-state index in [1.165, 1.54) is 12.0 Å². The molecule has 0 aliphatic heterocycles. The molecule has 0 radical (unpaired) electrons. The molecular formula is C10H16. The lowest BCUT2D eigenvalue weighted by Gasteiger charge is -2.57. The van der Waals surface area contributed by atoms with Crippen molar-refractivity contribution in [1.82, 2.24) is 0 Å². The molecule has 0 aromatic heterocycles. The van der Waals surface area contributed by atoms with Crippen LogP contribution in [0.4, 0.5) is 0 Å². The number of allylic oxidation sites excluding steroid dienone is 1. The lowest BCUT2D eigenvalue weighted by Crippen LogP contribution is -2.48. The average molecular weight is 137 g/mol. The Labute approximate surface area is 64.7 Å². The van der Waals surface area contributed by atoms with Crippen molar-refractivity contribution in [2.75, 3.05) is 0 Å². The molecule has 3 saturated carbocycles. The van der Waals surface area contributed by atoms with E-state index in [0.29, 0.717) is 0 Å². The lowest BCUT2D eigenvalue weighted by molar-refractivity contribution is -0.0273. The van der Waals surface area contributed by atoms with E-state index in [1.54, 1.807) is 0 Å². The van der Waals surface area contributed by atoms with Crippen molar-refractivity contribution < 1.29 is 1.37 Å². The van der Waals surface area contributed by atoms with Gasteiger partial charge in [-0.05, 0) is 36.5 Å². The van der Waals surface area contributed by atoms with Gasteiger partial charge in [0.25, 0.3) is 0 Å². The highest BCUT2D eigenvalue weighted by atomic mass is 14.6. The van der Waals surface area contributed by atoms with Gasteiger partial charge < -0.3 is 0 Å². The molecular weight excluding hydrogens is 120 g/mol. The topological polar surface area (TPSA) is 0 Å². The van der Waals surface area contributed by atoms with Gasteiger partial charge in [-0.1, -0.05) is 26.0 Å². The Morgan fingerprint density at radius 3 is 2.80 bits per heavy atom. The molecule has 0 heteroatoms. The Hall–Kier alpha value is -0.260. The van der Waals surface area contributed by atoms with E-state index in [1.807, 2.05) is 0 Å². The van der Waals surface area contributed by atoms with Gasteiger partial charge in [-0.2, -0.15) is 0 Å². The van der Waals surface area contributed by atoms with Gasteiger partial charge in [0.15, 0.2) is 0 Å². The van der Waals surface area contributed by atoms with Gasteiger partial charge in [0, 0.05) is 1.37 Å². The van der Waals surface area contributed by atoms with Crippen LogP contribution in [-0.4, -0.2) is 0 Å². The smallest absolute Gasteiger partial charge is 0.0354 e. The maximum Gasteiger partial charge on any atom is 0.0354 e. The van der Waals surface area contributed by atoms with Gasteiger partial charge in [-0.25, -0.2) is 0 Å². The summed E-state index contributed by atoms with van der Waals surface area (Å²) in [5.41, 5.74) is 1.38. The third-order valence-corrected chi connectivity index (χ3v) is 3.47. The van der Waals surface area contributed by atoms with Gasteiger partial charge in [-0.15, -0.1) is 0 Å². The molecule has 0 saturated heterocycles. The average Bonchev–Trinajstić information content (AvgIpc) is 1.94. The van der Waals surface area contributed by atoms with Crippen LogP contribution in [0.1, 0.15) is 34.5 Å². The van der Waals surface area contributed by atoms with Crippen LogP contribution in [0.3, 0.4) is 0 Å². The molecule has 3 aliphatic carbocycles. The second kappa shape index (κ2) is 1.66. The summed E-state index contributed by atoms with van der Waals surface area (Å²) in [6.45, 7) is 8.45. The summed E-state index contributed by atoms with van der Waals surface area (Å²) in [7, 11) is 0. The lowest BCUT2D eigenvalue weighted by atomic mass is 9.47. The molecule has 0 amide bonds. The quantitative estimate of drug-likeness (QED) is 0.450. The zero-order chi connectivity index (χ0) is 8.28. The van der Waals surface area contributed by atoms with E-state index in [4.69, 9.17) is 1.37 Å². The SMILES string of the molecule is [2H]C12CC(CCC1=C)C2(C)C. The standard InChI is InChI=1S/C10H16/c1-7-4-5-8-6-9(7)10(8,2)3/h8-9H,1,4-6H2,2-3H3/i9D. The minimum absolute atomic E-state index is 0.211. The van der Waals surface area contributed by atoms with Crippen LogP contribution in [0.5, 0.6) is 0 Å². The Morgan fingerprint density at radius 2 is 2.40 bits per heavy atom. The largest absolute Gasteiger partial charge is 0.0996 e. The number of fused-ring (bicyclic) bond motifs is 2. The number of hydrogen-bond acceptors (Lipinski definition) is 0. The number of hydrogen-bond donors (Lipinski definition) is 0. The van der Waals surface area contributed by atoms with Gasteiger partial charge in [0.2, 0.25) is 0 Å².